The van der Waals surface area contributed by atoms with Crippen LogP contribution in [0.25, 0.3) is 11.1 Å². The highest BCUT2D eigenvalue weighted by Gasteiger charge is 2.26. The zero-order valence-electron chi connectivity index (χ0n) is 22.2. The van der Waals surface area contributed by atoms with Crippen molar-refractivity contribution in [3.63, 3.8) is 0 Å². The molecule has 0 bridgehead atoms. The Morgan fingerprint density at radius 2 is 1.77 bits per heavy atom. The molecule has 3 atom stereocenters. The normalized spacial score (nSPS) is 14.2. The minimum Gasteiger partial charge on any atom is -0.760 e. The number of halogens is 2. The van der Waals surface area contributed by atoms with E-state index in [2.05, 4.69) is 9.44 Å². The lowest BCUT2D eigenvalue weighted by atomic mass is 9.88. The molecule has 0 aliphatic carbocycles. The Bertz CT molecular complexity index is 1490. The summed E-state index contributed by atoms with van der Waals surface area (Å²) in [5, 5.41) is 0.434. The van der Waals surface area contributed by atoms with Crippen LogP contribution in [0.2, 0.25) is 5.02 Å². The van der Waals surface area contributed by atoms with Crippen molar-refractivity contribution in [2.75, 3.05) is 6.54 Å². The summed E-state index contributed by atoms with van der Waals surface area (Å²) in [6.07, 6.45) is 1.57. The number of aryl methyl sites for hydroxylation is 1. The number of ketones is 1. The van der Waals surface area contributed by atoms with E-state index in [1.807, 2.05) is 20.8 Å². The van der Waals surface area contributed by atoms with Gasteiger partial charge in [-0.1, -0.05) is 11.6 Å². The van der Waals surface area contributed by atoms with Crippen LogP contribution in [0, 0.1) is 5.82 Å². The van der Waals surface area contributed by atoms with Crippen molar-refractivity contribution in [2.45, 2.75) is 44.9 Å². The van der Waals surface area contributed by atoms with Gasteiger partial charge in [0.2, 0.25) is 0 Å². The van der Waals surface area contributed by atoms with Gasteiger partial charge in [-0.3, -0.25) is 13.8 Å². The molecule has 0 aliphatic heterocycles. The number of nitrogens with zero attached hydrogens (tertiary/aromatic N) is 1. The van der Waals surface area contributed by atoms with Crippen LogP contribution >= 0.6 is 11.6 Å². The number of benzene rings is 2. The van der Waals surface area contributed by atoms with Gasteiger partial charge in [0.15, 0.2) is 5.78 Å². The molecular formula is C27H30ClFN3O5S2-. The number of nitrogens with one attached hydrogen (secondary N) is 2. The summed E-state index contributed by atoms with van der Waals surface area (Å²) in [5.41, 5.74) is 1.45. The van der Waals surface area contributed by atoms with E-state index in [1.54, 1.807) is 32.3 Å². The first-order valence-corrected chi connectivity index (χ1v) is 14.6. The van der Waals surface area contributed by atoms with E-state index in [4.69, 9.17) is 11.6 Å². The predicted octanol–water partition coefficient (Wildman–Crippen LogP) is 4.11. The quantitative estimate of drug-likeness (QED) is 0.270. The molecular weight excluding hydrogens is 565 g/mol. The zero-order valence-corrected chi connectivity index (χ0v) is 24.6. The summed E-state index contributed by atoms with van der Waals surface area (Å²) in [4.78, 5) is 26.3. The summed E-state index contributed by atoms with van der Waals surface area (Å²) in [5.74, 6) is -1.15. The second kappa shape index (κ2) is 12.8. The van der Waals surface area contributed by atoms with Crippen LogP contribution in [0.5, 0.6) is 0 Å². The molecule has 1 heterocycles. The Morgan fingerprint density at radius 3 is 2.36 bits per heavy atom. The summed E-state index contributed by atoms with van der Waals surface area (Å²) >= 11 is 3.47. The zero-order chi connectivity index (χ0) is 29.1. The molecule has 0 saturated heterocycles. The van der Waals surface area contributed by atoms with Crippen molar-refractivity contribution in [2.24, 2.45) is 7.05 Å². The molecule has 0 radical (unpaired) electrons. The standard InChI is InChI=1S/C27H31ClFN3O5S2/c1-16(31-38(35)27(2,3)4)20-14-25(33)32(5)15-23(20)21-12-18(10-11-30-39(36)37)24(29)13-22(21)26(34)17-6-8-19(28)9-7-17/h6-9,12-16,30-31H,10-11H2,1-5H3,(H,36,37)/p-1/t16-,38-/m0/s1. The molecule has 210 valence electrons. The molecule has 8 nitrogen and oxygen atoms in total. The molecule has 0 spiro atoms. The largest absolute Gasteiger partial charge is 0.760 e. The molecule has 3 aromatic rings. The van der Waals surface area contributed by atoms with Gasteiger partial charge in [-0.15, -0.1) is 0 Å². The number of carbonyl (C=O) groups is 1. The Balaban J connectivity index is 2.24. The fraction of sp³-hybridized carbons (Fsp3) is 0.333. The first-order chi connectivity index (χ1) is 18.2. The van der Waals surface area contributed by atoms with Gasteiger partial charge in [-0.2, -0.15) is 0 Å². The third-order valence-corrected chi connectivity index (χ3v) is 8.38. The maximum Gasteiger partial charge on any atom is 0.250 e. The average Bonchev–Trinajstić information content (AvgIpc) is 2.85. The lowest BCUT2D eigenvalue weighted by Crippen LogP contribution is -2.35. The van der Waals surface area contributed by atoms with Crippen LogP contribution < -0.4 is 15.0 Å². The maximum absolute atomic E-state index is 15.3. The summed E-state index contributed by atoms with van der Waals surface area (Å²) < 4.78 is 55.9. The SMILES string of the molecule is C[C@H](N[S@@](=O)C(C)(C)C)c1cc(=O)n(C)cc1-c1cc(CCNS(=O)[O-])c(F)cc1C(=O)c1ccc(Cl)cc1. The third-order valence-electron chi connectivity index (χ3n) is 6.01. The van der Waals surface area contributed by atoms with E-state index in [9.17, 15) is 22.6 Å². The lowest BCUT2D eigenvalue weighted by molar-refractivity contribution is 0.103. The molecule has 2 N–H and O–H groups in total. The Hall–Kier alpha value is -2.54. The maximum atomic E-state index is 15.3. The van der Waals surface area contributed by atoms with Crippen LogP contribution in [0.3, 0.4) is 0 Å². The molecule has 12 heteroatoms. The van der Waals surface area contributed by atoms with E-state index in [0.717, 1.165) is 6.07 Å². The van der Waals surface area contributed by atoms with Gasteiger partial charge in [0, 0.05) is 64.9 Å². The highest BCUT2D eigenvalue weighted by molar-refractivity contribution is 7.84. The first kappa shape index (κ1) is 31.0. The Labute approximate surface area is 237 Å². The number of pyridine rings is 1. The highest BCUT2D eigenvalue weighted by atomic mass is 35.5. The van der Waals surface area contributed by atoms with Gasteiger partial charge in [0.25, 0.3) is 5.56 Å². The minimum atomic E-state index is -2.52. The monoisotopic (exact) mass is 594 g/mol. The van der Waals surface area contributed by atoms with Crippen molar-refractivity contribution in [3.8, 4) is 11.1 Å². The van der Waals surface area contributed by atoms with Crippen molar-refractivity contribution in [1.29, 1.82) is 0 Å². The molecule has 1 aromatic heterocycles. The van der Waals surface area contributed by atoms with Gasteiger partial charge in [-0.05, 0) is 87.2 Å². The first-order valence-electron chi connectivity index (χ1n) is 12.0. The molecule has 0 saturated carbocycles. The second-order valence-corrected chi connectivity index (χ2v) is 13.2. The minimum absolute atomic E-state index is 0.0190. The molecule has 3 rings (SSSR count). The second-order valence-electron chi connectivity index (χ2n) is 10.0. The fourth-order valence-corrected chi connectivity index (χ4v) is 5.07. The van der Waals surface area contributed by atoms with Crippen LogP contribution in [-0.2, 0) is 35.7 Å². The van der Waals surface area contributed by atoms with E-state index < -0.39 is 44.6 Å². The van der Waals surface area contributed by atoms with Crippen molar-refractivity contribution in [3.05, 3.63) is 92.1 Å². The summed E-state index contributed by atoms with van der Waals surface area (Å²) in [6, 6.07) is 9.61. The summed E-state index contributed by atoms with van der Waals surface area (Å²) in [7, 11) is 0.0826. The smallest absolute Gasteiger partial charge is 0.250 e. The van der Waals surface area contributed by atoms with Crippen LogP contribution in [0.1, 0.15) is 60.8 Å². The predicted molar refractivity (Wildman–Crippen MR) is 152 cm³/mol. The van der Waals surface area contributed by atoms with E-state index in [1.165, 1.54) is 28.8 Å². The molecule has 2 aromatic carbocycles. The average molecular weight is 595 g/mol. The topological polar surface area (TPSA) is 120 Å². The molecule has 0 aliphatic rings. The number of hydrogen-bond acceptors (Lipinski definition) is 5. The van der Waals surface area contributed by atoms with Gasteiger partial charge >= 0.3 is 0 Å². The van der Waals surface area contributed by atoms with Gasteiger partial charge in [0.05, 0.1) is 15.7 Å². The van der Waals surface area contributed by atoms with Gasteiger partial charge in [-0.25, -0.2) is 18.0 Å². The molecule has 0 fully saturated rings. The third kappa shape index (κ3) is 7.77. The summed E-state index contributed by atoms with van der Waals surface area (Å²) in [6.45, 7) is 7.13. The Morgan fingerprint density at radius 1 is 1.13 bits per heavy atom. The van der Waals surface area contributed by atoms with Gasteiger partial charge < -0.3 is 9.12 Å². The number of rotatable bonds is 10. The lowest BCUT2D eigenvalue weighted by Gasteiger charge is -2.24. The number of aromatic nitrogens is 1. The highest BCUT2D eigenvalue weighted by Crippen LogP contribution is 2.34. The fourth-order valence-electron chi connectivity index (χ4n) is 3.87. The van der Waals surface area contributed by atoms with Crippen LogP contribution in [0.4, 0.5) is 4.39 Å². The van der Waals surface area contributed by atoms with Gasteiger partial charge in [0.1, 0.15) is 5.82 Å². The number of carbonyl (C=O) groups excluding carboxylic acids is 1. The molecule has 1 unspecified atom stereocenters. The van der Waals surface area contributed by atoms with Crippen molar-refractivity contribution in [1.82, 2.24) is 14.0 Å². The van der Waals surface area contributed by atoms with Crippen molar-refractivity contribution >= 4 is 39.6 Å². The van der Waals surface area contributed by atoms with E-state index in [0.29, 0.717) is 21.7 Å². The molecule has 0 amide bonds. The molecule has 39 heavy (non-hydrogen) atoms. The van der Waals surface area contributed by atoms with Crippen LogP contribution in [0.15, 0.2) is 53.5 Å². The number of hydrogen-bond donors (Lipinski definition) is 2. The Kier molecular flexibility index (Phi) is 10.1. The van der Waals surface area contributed by atoms with E-state index in [-0.39, 0.29) is 35.2 Å². The van der Waals surface area contributed by atoms with Crippen LogP contribution in [-0.4, -0.2) is 34.6 Å². The van der Waals surface area contributed by atoms with E-state index >= 15 is 4.39 Å². The van der Waals surface area contributed by atoms with Crippen molar-refractivity contribution < 1.29 is 22.2 Å².